The zero-order chi connectivity index (χ0) is 13.1. The lowest BCUT2D eigenvalue weighted by atomic mass is 10.1. The Morgan fingerprint density at radius 1 is 0.941 bits per heavy atom. The molecule has 0 aromatic rings. The molecule has 0 N–H and O–H groups in total. The molecule has 0 aliphatic rings. The van der Waals surface area contributed by atoms with Crippen LogP contribution in [0.5, 0.6) is 0 Å². The van der Waals surface area contributed by atoms with Gasteiger partial charge in [0.2, 0.25) is 0 Å². The van der Waals surface area contributed by atoms with Crippen molar-refractivity contribution in [2.24, 2.45) is 0 Å². The van der Waals surface area contributed by atoms with Gasteiger partial charge in [0.1, 0.15) is 0 Å². The van der Waals surface area contributed by atoms with Gasteiger partial charge in [0, 0.05) is 13.3 Å². The van der Waals surface area contributed by atoms with Crippen LogP contribution in [0.2, 0.25) is 0 Å². The van der Waals surface area contributed by atoms with Crippen molar-refractivity contribution >= 4 is 17.3 Å². The van der Waals surface area contributed by atoms with Gasteiger partial charge in [0.05, 0.1) is 6.61 Å². The molecule has 0 aliphatic carbocycles. The molecule has 0 aromatic heterocycles. The van der Waals surface area contributed by atoms with Crippen molar-refractivity contribution < 1.29 is 17.9 Å². The molecule has 102 valence electrons. The number of hydrogen-bond donors (Lipinski definition) is 0. The van der Waals surface area contributed by atoms with E-state index in [1.54, 1.807) is 6.92 Å². The maximum absolute atomic E-state index is 11.8. The van der Waals surface area contributed by atoms with Gasteiger partial charge < -0.3 is 4.74 Å². The zero-order valence-corrected chi connectivity index (χ0v) is 11.1. The Labute approximate surface area is 107 Å². The maximum atomic E-state index is 11.8. The Balaban J connectivity index is 3.06. The standard InChI is InChI=1S/C12H21F3OS/c1-11(17)16-10-8-6-4-2-3-5-7-9-12(13,14)15/h2-10H2,1H3. The highest BCUT2D eigenvalue weighted by Gasteiger charge is 2.25. The van der Waals surface area contributed by atoms with Crippen LogP contribution in [0, 0.1) is 0 Å². The molecular weight excluding hydrogens is 249 g/mol. The molecule has 0 aromatic carbocycles. The number of ether oxygens (including phenoxy) is 1. The fourth-order valence-corrected chi connectivity index (χ4v) is 1.61. The molecule has 0 saturated carbocycles. The van der Waals surface area contributed by atoms with E-state index in [1.807, 2.05) is 0 Å². The molecule has 0 amide bonds. The third-order valence-corrected chi connectivity index (χ3v) is 2.53. The van der Waals surface area contributed by atoms with Gasteiger partial charge in [-0.25, -0.2) is 0 Å². The molecule has 0 saturated heterocycles. The van der Waals surface area contributed by atoms with Crippen molar-refractivity contribution in [2.45, 2.75) is 64.5 Å². The van der Waals surface area contributed by atoms with Crippen LogP contribution in [-0.2, 0) is 4.74 Å². The summed E-state index contributed by atoms with van der Waals surface area (Å²) in [5.41, 5.74) is 0. The summed E-state index contributed by atoms with van der Waals surface area (Å²) in [6.07, 6.45) is 1.29. The van der Waals surface area contributed by atoms with E-state index >= 15 is 0 Å². The predicted molar refractivity (Wildman–Crippen MR) is 67.2 cm³/mol. The molecule has 5 heteroatoms. The highest BCUT2D eigenvalue weighted by Crippen LogP contribution is 2.23. The number of rotatable bonds is 9. The van der Waals surface area contributed by atoms with Gasteiger partial charge in [-0.05, 0) is 25.1 Å². The lowest BCUT2D eigenvalue weighted by Gasteiger charge is -2.06. The molecule has 0 unspecified atom stereocenters. The van der Waals surface area contributed by atoms with E-state index in [0.29, 0.717) is 18.1 Å². The minimum atomic E-state index is -3.99. The van der Waals surface area contributed by atoms with Crippen LogP contribution >= 0.6 is 12.2 Å². The minimum absolute atomic E-state index is 0.261. The van der Waals surface area contributed by atoms with Gasteiger partial charge in [-0.3, -0.25) is 0 Å². The largest absolute Gasteiger partial charge is 0.487 e. The molecule has 0 atom stereocenters. The van der Waals surface area contributed by atoms with Crippen molar-refractivity contribution in [1.82, 2.24) is 0 Å². The second-order valence-electron chi connectivity index (χ2n) is 4.18. The summed E-state index contributed by atoms with van der Waals surface area (Å²) in [7, 11) is 0. The Hall–Kier alpha value is -0.320. The second-order valence-corrected chi connectivity index (χ2v) is 4.76. The van der Waals surface area contributed by atoms with Gasteiger partial charge in [-0.1, -0.05) is 32.1 Å². The summed E-state index contributed by atoms with van der Waals surface area (Å²) in [6.45, 7) is 2.40. The molecule has 0 heterocycles. The Morgan fingerprint density at radius 3 is 1.88 bits per heavy atom. The van der Waals surface area contributed by atoms with E-state index in [0.717, 1.165) is 32.1 Å². The van der Waals surface area contributed by atoms with Gasteiger partial charge in [0.25, 0.3) is 0 Å². The fourth-order valence-electron chi connectivity index (χ4n) is 1.53. The van der Waals surface area contributed by atoms with Crippen molar-refractivity contribution in [3.05, 3.63) is 0 Å². The average molecular weight is 270 g/mol. The Bertz CT molecular complexity index is 204. The van der Waals surface area contributed by atoms with E-state index in [2.05, 4.69) is 0 Å². The molecule has 0 radical (unpaired) electrons. The number of unbranched alkanes of at least 4 members (excludes halogenated alkanes) is 6. The van der Waals surface area contributed by atoms with E-state index in [1.165, 1.54) is 0 Å². The maximum Gasteiger partial charge on any atom is 0.389 e. The first-order chi connectivity index (χ1) is 7.92. The first-order valence-corrected chi connectivity index (χ1v) is 6.53. The third kappa shape index (κ3) is 15.7. The normalized spacial score (nSPS) is 11.5. The van der Waals surface area contributed by atoms with Crippen molar-refractivity contribution in [2.75, 3.05) is 6.61 Å². The molecule has 17 heavy (non-hydrogen) atoms. The Kier molecular flexibility index (Phi) is 9.50. The van der Waals surface area contributed by atoms with Crippen LogP contribution in [-0.4, -0.2) is 17.8 Å². The third-order valence-electron chi connectivity index (χ3n) is 2.41. The summed E-state index contributed by atoms with van der Waals surface area (Å²) in [5, 5.41) is 0.567. The topological polar surface area (TPSA) is 9.23 Å². The van der Waals surface area contributed by atoms with E-state index in [-0.39, 0.29) is 6.42 Å². The van der Waals surface area contributed by atoms with Gasteiger partial charge >= 0.3 is 6.18 Å². The first-order valence-electron chi connectivity index (χ1n) is 6.12. The summed E-state index contributed by atoms with van der Waals surface area (Å²) < 4.78 is 40.6. The number of halogens is 3. The lowest BCUT2D eigenvalue weighted by Crippen LogP contribution is -2.06. The van der Waals surface area contributed by atoms with Gasteiger partial charge in [0.15, 0.2) is 5.05 Å². The molecule has 1 nitrogen and oxygen atoms in total. The highest BCUT2D eigenvalue weighted by atomic mass is 32.1. The quantitative estimate of drug-likeness (QED) is 0.429. The molecule has 0 fully saturated rings. The monoisotopic (exact) mass is 270 g/mol. The van der Waals surface area contributed by atoms with E-state index in [4.69, 9.17) is 17.0 Å². The van der Waals surface area contributed by atoms with Crippen LogP contribution in [0.25, 0.3) is 0 Å². The number of thiocarbonyl (C=S) groups is 1. The van der Waals surface area contributed by atoms with Crippen LogP contribution in [0.1, 0.15) is 58.3 Å². The SMILES string of the molecule is CC(=S)OCCCCCCCCCC(F)(F)F. The molecule has 0 bridgehead atoms. The smallest absolute Gasteiger partial charge is 0.389 e. The summed E-state index contributed by atoms with van der Waals surface area (Å²) in [4.78, 5) is 0. The van der Waals surface area contributed by atoms with Crippen molar-refractivity contribution in [3.63, 3.8) is 0 Å². The number of hydrogen-bond acceptors (Lipinski definition) is 2. The second kappa shape index (κ2) is 9.68. The van der Waals surface area contributed by atoms with Crippen LogP contribution in [0.3, 0.4) is 0 Å². The predicted octanol–water partition coefficient (Wildman–Crippen LogP) is 5.03. The fraction of sp³-hybridized carbons (Fsp3) is 0.917. The molecule has 0 spiro atoms. The van der Waals surface area contributed by atoms with E-state index in [9.17, 15) is 13.2 Å². The summed E-state index contributed by atoms with van der Waals surface area (Å²) >= 11 is 4.76. The van der Waals surface area contributed by atoms with Crippen LogP contribution in [0.15, 0.2) is 0 Å². The highest BCUT2D eigenvalue weighted by molar-refractivity contribution is 7.80. The van der Waals surface area contributed by atoms with Crippen molar-refractivity contribution in [1.29, 1.82) is 0 Å². The number of alkyl halides is 3. The Morgan fingerprint density at radius 2 is 1.41 bits per heavy atom. The zero-order valence-electron chi connectivity index (χ0n) is 10.3. The average Bonchev–Trinajstić information content (AvgIpc) is 2.18. The van der Waals surface area contributed by atoms with Gasteiger partial charge in [-0.2, -0.15) is 13.2 Å². The summed E-state index contributed by atoms with van der Waals surface area (Å²) in [5.74, 6) is 0. The van der Waals surface area contributed by atoms with Crippen LogP contribution < -0.4 is 0 Å². The lowest BCUT2D eigenvalue weighted by molar-refractivity contribution is -0.135. The molecule has 0 rings (SSSR count). The van der Waals surface area contributed by atoms with Crippen molar-refractivity contribution in [3.8, 4) is 0 Å². The minimum Gasteiger partial charge on any atom is -0.487 e. The van der Waals surface area contributed by atoms with Gasteiger partial charge in [-0.15, -0.1) is 0 Å². The molecular formula is C12H21F3OS. The van der Waals surface area contributed by atoms with Crippen LogP contribution in [0.4, 0.5) is 13.2 Å². The van der Waals surface area contributed by atoms with E-state index < -0.39 is 12.6 Å². The first kappa shape index (κ1) is 16.7. The summed E-state index contributed by atoms with van der Waals surface area (Å²) in [6, 6.07) is 0. The molecule has 0 aliphatic heterocycles.